The van der Waals surface area contributed by atoms with Crippen molar-refractivity contribution in [3.63, 3.8) is 0 Å². The van der Waals surface area contributed by atoms with Crippen LogP contribution in [0.3, 0.4) is 0 Å². The van der Waals surface area contributed by atoms with Crippen LogP contribution in [0.5, 0.6) is 0 Å². The number of amides is 1. The minimum Gasteiger partial charge on any atom is -0.378 e. The number of rotatable bonds is 8. The molecule has 0 unspecified atom stereocenters. The van der Waals surface area contributed by atoms with Gasteiger partial charge in [-0.25, -0.2) is 13.8 Å². The summed E-state index contributed by atoms with van der Waals surface area (Å²) in [4.78, 5) is 14.8. The number of hydrogen-bond acceptors (Lipinski definition) is 6. The SMILES string of the molecule is CCN(CC)S(=O)(=O)c1cccc(C(=O)N/N=C\c2ccc(N3CCOCC3)cc2)c1. The van der Waals surface area contributed by atoms with Crippen LogP contribution in [-0.4, -0.2) is 64.2 Å². The van der Waals surface area contributed by atoms with Gasteiger partial charge in [-0.2, -0.15) is 9.41 Å². The van der Waals surface area contributed by atoms with Crippen LogP contribution in [0.15, 0.2) is 58.5 Å². The Hall–Kier alpha value is -2.75. The first-order chi connectivity index (χ1) is 15.0. The molecule has 0 bridgehead atoms. The van der Waals surface area contributed by atoms with Crippen LogP contribution >= 0.6 is 0 Å². The molecular weight excluding hydrogens is 416 g/mol. The van der Waals surface area contributed by atoms with Crippen molar-refractivity contribution in [3.05, 3.63) is 59.7 Å². The maximum absolute atomic E-state index is 12.7. The lowest BCUT2D eigenvalue weighted by atomic mass is 10.2. The van der Waals surface area contributed by atoms with Crippen LogP contribution in [0.1, 0.15) is 29.8 Å². The molecule has 1 N–H and O–H groups in total. The van der Waals surface area contributed by atoms with E-state index in [0.29, 0.717) is 13.1 Å². The second kappa shape index (κ2) is 10.5. The quantitative estimate of drug-likeness (QED) is 0.498. The van der Waals surface area contributed by atoms with E-state index in [-0.39, 0.29) is 10.5 Å². The zero-order valence-corrected chi connectivity index (χ0v) is 18.6. The van der Waals surface area contributed by atoms with Crippen LogP contribution in [0.4, 0.5) is 5.69 Å². The lowest BCUT2D eigenvalue weighted by Crippen LogP contribution is -2.36. The Labute approximate surface area is 183 Å². The molecule has 1 aliphatic heterocycles. The molecule has 166 valence electrons. The average molecular weight is 445 g/mol. The minimum absolute atomic E-state index is 0.0894. The highest BCUT2D eigenvalue weighted by atomic mass is 32.2. The zero-order chi connectivity index (χ0) is 22.3. The minimum atomic E-state index is -3.63. The summed E-state index contributed by atoms with van der Waals surface area (Å²) in [5.74, 6) is -0.474. The van der Waals surface area contributed by atoms with Crippen LogP contribution in [0.2, 0.25) is 0 Å². The highest BCUT2D eigenvalue weighted by Crippen LogP contribution is 2.17. The Bertz CT molecular complexity index is 1010. The van der Waals surface area contributed by atoms with E-state index in [9.17, 15) is 13.2 Å². The predicted octanol–water partition coefficient (Wildman–Crippen LogP) is 2.32. The lowest BCUT2D eigenvalue weighted by molar-refractivity contribution is 0.0955. The summed E-state index contributed by atoms with van der Waals surface area (Å²) in [5.41, 5.74) is 4.65. The van der Waals surface area contributed by atoms with Gasteiger partial charge >= 0.3 is 0 Å². The molecule has 0 aliphatic carbocycles. The molecule has 8 nitrogen and oxygen atoms in total. The highest BCUT2D eigenvalue weighted by Gasteiger charge is 2.22. The van der Waals surface area contributed by atoms with Crippen molar-refractivity contribution in [3.8, 4) is 0 Å². The van der Waals surface area contributed by atoms with Gasteiger partial charge in [0.25, 0.3) is 5.91 Å². The molecule has 0 saturated carbocycles. The van der Waals surface area contributed by atoms with E-state index in [4.69, 9.17) is 4.74 Å². The first-order valence-electron chi connectivity index (χ1n) is 10.3. The van der Waals surface area contributed by atoms with Gasteiger partial charge in [-0.3, -0.25) is 4.79 Å². The summed E-state index contributed by atoms with van der Waals surface area (Å²) < 4.78 is 32.0. The number of hydrogen-bond donors (Lipinski definition) is 1. The Kier molecular flexibility index (Phi) is 7.78. The van der Waals surface area contributed by atoms with E-state index in [2.05, 4.69) is 15.4 Å². The van der Waals surface area contributed by atoms with Crippen LogP contribution < -0.4 is 10.3 Å². The number of sulfonamides is 1. The molecule has 0 aromatic heterocycles. The normalized spacial score (nSPS) is 14.9. The van der Waals surface area contributed by atoms with E-state index < -0.39 is 15.9 Å². The molecule has 31 heavy (non-hydrogen) atoms. The fraction of sp³-hybridized carbons (Fsp3) is 0.364. The summed E-state index contributed by atoms with van der Waals surface area (Å²) in [6.45, 7) is 7.48. The molecule has 0 spiro atoms. The first kappa shape index (κ1) is 22.9. The van der Waals surface area contributed by atoms with Crippen LogP contribution in [-0.2, 0) is 14.8 Å². The van der Waals surface area contributed by atoms with Gasteiger partial charge in [-0.1, -0.05) is 32.0 Å². The maximum atomic E-state index is 12.7. The van der Waals surface area contributed by atoms with E-state index >= 15 is 0 Å². The highest BCUT2D eigenvalue weighted by molar-refractivity contribution is 7.89. The zero-order valence-electron chi connectivity index (χ0n) is 17.8. The van der Waals surface area contributed by atoms with Crippen molar-refractivity contribution in [2.45, 2.75) is 18.7 Å². The van der Waals surface area contributed by atoms with Crippen molar-refractivity contribution in [1.29, 1.82) is 0 Å². The fourth-order valence-electron chi connectivity index (χ4n) is 3.33. The molecule has 2 aromatic carbocycles. The Balaban J connectivity index is 1.63. The number of benzene rings is 2. The summed E-state index contributed by atoms with van der Waals surface area (Å²) in [7, 11) is -3.63. The molecule has 1 aliphatic rings. The number of nitrogens with one attached hydrogen (secondary N) is 1. The number of hydrazone groups is 1. The van der Waals surface area contributed by atoms with E-state index in [0.717, 1.165) is 37.6 Å². The van der Waals surface area contributed by atoms with Crippen molar-refractivity contribution < 1.29 is 17.9 Å². The molecule has 0 atom stereocenters. The van der Waals surface area contributed by atoms with Crippen molar-refractivity contribution in [1.82, 2.24) is 9.73 Å². The number of carbonyl (C=O) groups excluding carboxylic acids is 1. The molecule has 1 fully saturated rings. The summed E-state index contributed by atoms with van der Waals surface area (Å²) in [6.07, 6.45) is 1.55. The van der Waals surface area contributed by atoms with Crippen LogP contribution in [0, 0.1) is 0 Å². The fourth-order valence-corrected chi connectivity index (χ4v) is 4.84. The molecule has 1 saturated heterocycles. The second-order valence-corrected chi connectivity index (χ2v) is 8.95. The number of anilines is 1. The molecule has 1 amide bonds. The van der Waals surface area contributed by atoms with Gasteiger partial charge in [-0.15, -0.1) is 0 Å². The number of morpholine rings is 1. The molecule has 0 radical (unpaired) electrons. The Morgan fingerprint density at radius 2 is 1.81 bits per heavy atom. The van der Waals surface area contributed by atoms with Crippen molar-refractivity contribution in [2.75, 3.05) is 44.3 Å². The standard InChI is InChI=1S/C22H28N4O4S/c1-3-26(4-2)31(28,29)21-7-5-6-19(16-21)22(27)24-23-17-18-8-10-20(11-9-18)25-12-14-30-15-13-25/h5-11,16-17H,3-4,12-15H2,1-2H3,(H,24,27)/b23-17-. The van der Waals surface area contributed by atoms with Gasteiger partial charge in [0.2, 0.25) is 10.0 Å². The van der Waals surface area contributed by atoms with Gasteiger partial charge in [0, 0.05) is 37.4 Å². The van der Waals surface area contributed by atoms with Gasteiger partial charge in [0.05, 0.1) is 24.3 Å². The number of nitrogens with zero attached hydrogens (tertiary/aromatic N) is 3. The van der Waals surface area contributed by atoms with Crippen molar-refractivity contribution in [2.24, 2.45) is 5.10 Å². The Morgan fingerprint density at radius 3 is 2.45 bits per heavy atom. The van der Waals surface area contributed by atoms with Gasteiger partial charge < -0.3 is 9.64 Å². The molecular formula is C22H28N4O4S. The summed E-state index contributed by atoms with van der Waals surface area (Å²) >= 11 is 0. The van der Waals surface area contributed by atoms with Crippen molar-refractivity contribution >= 4 is 27.8 Å². The molecule has 1 heterocycles. The third-order valence-electron chi connectivity index (χ3n) is 5.09. The maximum Gasteiger partial charge on any atom is 0.271 e. The van der Waals surface area contributed by atoms with E-state index in [1.54, 1.807) is 32.2 Å². The number of ether oxygens (including phenoxy) is 1. The topological polar surface area (TPSA) is 91.3 Å². The third-order valence-corrected chi connectivity index (χ3v) is 7.13. The van der Waals surface area contributed by atoms with Crippen LogP contribution in [0.25, 0.3) is 0 Å². The molecule has 2 aromatic rings. The van der Waals surface area contributed by atoms with Gasteiger partial charge in [0.1, 0.15) is 0 Å². The predicted molar refractivity (Wildman–Crippen MR) is 121 cm³/mol. The molecule has 3 rings (SSSR count). The molecule has 9 heteroatoms. The third kappa shape index (κ3) is 5.69. The summed E-state index contributed by atoms with van der Waals surface area (Å²) in [6, 6.07) is 13.9. The lowest BCUT2D eigenvalue weighted by Gasteiger charge is -2.28. The van der Waals surface area contributed by atoms with E-state index in [1.807, 2.05) is 24.3 Å². The second-order valence-electron chi connectivity index (χ2n) is 7.01. The number of carbonyl (C=O) groups is 1. The average Bonchev–Trinajstić information content (AvgIpc) is 2.81. The van der Waals surface area contributed by atoms with Gasteiger partial charge in [0.15, 0.2) is 0 Å². The Morgan fingerprint density at radius 1 is 1.13 bits per heavy atom. The largest absolute Gasteiger partial charge is 0.378 e. The smallest absolute Gasteiger partial charge is 0.271 e. The van der Waals surface area contributed by atoms with E-state index in [1.165, 1.54) is 16.4 Å². The first-order valence-corrected chi connectivity index (χ1v) is 11.8. The summed E-state index contributed by atoms with van der Waals surface area (Å²) in [5, 5.41) is 4.00. The monoisotopic (exact) mass is 444 g/mol. The van der Waals surface area contributed by atoms with Gasteiger partial charge in [-0.05, 0) is 35.9 Å².